The average molecular weight is 485 g/mol. The van der Waals surface area contributed by atoms with Crippen molar-refractivity contribution in [2.75, 3.05) is 33.2 Å². The fraction of sp³-hybridized carbons (Fsp3) is 0.304. The van der Waals surface area contributed by atoms with Crippen molar-refractivity contribution in [3.63, 3.8) is 0 Å². The molecule has 1 amide bonds. The largest absolute Gasteiger partial charge is 0.493 e. The molecule has 34 heavy (non-hydrogen) atoms. The molecule has 0 unspecified atom stereocenters. The van der Waals surface area contributed by atoms with Crippen LogP contribution in [0.3, 0.4) is 0 Å². The maximum absolute atomic E-state index is 13.1. The van der Waals surface area contributed by atoms with Crippen LogP contribution in [0.15, 0.2) is 36.4 Å². The monoisotopic (exact) mass is 484 g/mol. The number of nitro benzene ring substituents is 1. The van der Waals surface area contributed by atoms with E-state index in [1.54, 1.807) is 0 Å². The second-order valence-electron chi connectivity index (χ2n) is 7.59. The molecule has 0 fully saturated rings. The third kappa shape index (κ3) is 4.66. The molecule has 0 spiro atoms. The number of carbonyl (C=O) groups excluding carboxylic acids is 1. The summed E-state index contributed by atoms with van der Waals surface area (Å²) in [6, 6.07) is 11.5. The number of nitrogens with zero attached hydrogens (tertiary/aromatic N) is 3. The summed E-state index contributed by atoms with van der Waals surface area (Å²) in [5.41, 5.74) is 1.45. The number of aromatic nitrogens is 1. The van der Waals surface area contributed by atoms with Crippen LogP contribution >= 0.6 is 11.3 Å². The van der Waals surface area contributed by atoms with Crippen LogP contribution in [0.25, 0.3) is 0 Å². The molecule has 1 aromatic heterocycles. The van der Waals surface area contributed by atoms with Crippen molar-refractivity contribution in [1.29, 1.82) is 0 Å². The lowest BCUT2D eigenvalue weighted by atomic mass is 10.1. The Bertz CT molecular complexity index is 1210. The number of anilines is 1. The van der Waals surface area contributed by atoms with Crippen LogP contribution in [0.2, 0.25) is 0 Å². The van der Waals surface area contributed by atoms with Gasteiger partial charge in [-0.15, -0.1) is 11.3 Å². The normalized spacial score (nSPS) is 13.1. The maximum atomic E-state index is 13.1. The molecule has 3 aromatic rings. The zero-order valence-electron chi connectivity index (χ0n) is 19.0. The Morgan fingerprint density at radius 1 is 1.18 bits per heavy atom. The highest BCUT2D eigenvalue weighted by atomic mass is 32.1. The van der Waals surface area contributed by atoms with Crippen molar-refractivity contribution >= 4 is 28.1 Å². The minimum atomic E-state index is -0.682. The van der Waals surface area contributed by atoms with Gasteiger partial charge in [0.2, 0.25) is 11.5 Å². The number of fused-ring (bicyclic) bond motifs is 1. The molecule has 10 nitrogen and oxygen atoms in total. The van der Waals surface area contributed by atoms with E-state index in [0.29, 0.717) is 5.13 Å². The topological polar surface area (TPSA) is 116 Å². The van der Waals surface area contributed by atoms with Crippen LogP contribution < -0.4 is 19.5 Å². The smallest absolute Gasteiger partial charge is 0.327 e. The van der Waals surface area contributed by atoms with E-state index >= 15 is 0 Å². The number of ether oxygens (including phenoxy) is 3. The number of thiazole rings is 1. The second kappa shape index (κ2) is 10.1. The van der Waals surface area contributed by atoms with Gasteiger partial charge in [-0.1, -0.05) is 30.3 Å². The molecular formula is C23H24N4O6S. The van der Waals surface area contributed by atoms with Gasteiger partial charge >= 0.3 is 5.69 Å². The predicted molar refractivity (Wildman–Crippen MR) is 127 cm³/mol. The van der Waals surface area contributed by atoms with Crippen molar-refractivity contribution in [2.24, 2.45) is 0 Å². The Morgan fingerprint density at radius 3 is 2.56 bits per heavy atom. The van der Waals surface area contributed by atoms with Crippen molar-refractivity contribution in [2.45, 2.75) is 19.5 Å². The first-order valence-electron chi connectivity index (χ1n) is 10.5. The molecule has 11 heteroatoms. The molecule has 0 saturated heterocycles. The Balaban J connectivity index is 1.57. The lowest BCUT2D eigenvalue weighted by molar-refractivity contribution is -0.386. The van der Waals surface area contributed by atoms with Gasteiger partial charge in [0, 0.05) is 37.0 Å². The molecule has 1 N–H and O–H groups in total. The predicted octanol–water partition coefficient (Wildman–Crippen LogP) is 3.89. The number of nitrogens with one attached hydrogen (secondary N) is 1. The maximum Gasteiger partial charge on any atom is 0.327 e. The van der Waals surface area contributed by atoms with Crippen LogP contribution in [-0.4, -0.2) is 48.6 Å². The first-order chi connectivity index (χ1) is 16.4. The van der Waals surface area contributed by atoms with Crippen LogP contribution in [0.1, 0.15) is 26.5 Å². The molecule has 2 heterocycles. The zero-order chi connectivity index (χ0) is 24.2. The standard InChI is InChI=1S/C23H24N4O6S/c1-31-17-11-15(19(27(29)30)21(33-3)20(17)32-2)22(28)25-23-24-16-9-10-26(13-18(16)34-23)12-14-7-5-4-6-8-14/h4-8,11H,9-10,12-13H2,1-3H3,(H,24,25,28). The molecule has 178 valence electrons. The van der Waals surface area contributed by atoms with Crippen LogP contribution in [0, 0.1) is 10.1 Å². The number of carbonyl (C=O) groups is 1. The van der Waals surface area contributed by atoms with Crippen LogP contribution in [0.5, 0.6) is 17.2 Å². The van der Waals surface area contributed by atoms with Gasteiger partial charge in [-0.3, -0.25) is 25.1 Å². The molecule has 4 rings (SSSR count). The van der Waals surface area contributed by atoms with Gasteiger partial charge in [0.25, 0.3) is 5.91 Å². The van der Waals surface area contributed by atoms with E-state index in [9.17, 15) is 14.9 Å². The third-order valence-electron chi connectivity index (χ3n) is 5.51. The van der Waals surface area contributed by atoms with Crippen molar-refractivity contribution < 1.29 is 23.9 Å². The second-order valence-corrected chi connectivity index (χ2v) is 8.67. The van der Waals surface area contributed by atoms with Crippen molar-refractivity contribution in [3.05, 3.63) is 68.2 Å². The van der Waals surface area contributed by atoms with E-state index in [4.69, 9.17) is 14.2 Å². The number of rotatable bonds is 8. The number of methoxy groups -OCH3 is 3. The van der Waals surface area contributed by atoms with Crippen LogP contribution in [0.4, 0.5) is 10.8 Å². The number of nitro groups is 1. The summed E-state index contributed by atoms with van der Waals surface area (Å²) >= 11 is 1.37. The Kier molecular flexibility index (Phi) is 6.94. The summed E-state index contributed by atoms with van der Waals surface area (Å²) in [6.07, 6.45) is 0.763. The number of amides is 1. The molecule has 0 aliphatic carbocycles. The number of hydrogen-bond donors (Lipinski definition) is 1. The fourth-order valence-corrected chi connectivity index (χ4v) is 4.98. The Labute approximate surface area is 200 Å². The third-order valence-corrected chi connectivity index (χ3v) is 6.51. The SMILES string of the molecule is COc1cc(C(=O)Nc2nc3c(s2)CN(Cc2ccccc2)CC3)c([N+](=O)[O-])c(OC)c1OC. The summed E-state index contributed by atoms with van der Waals surface area (Å²) in [5, 5.41) is 14.9. The summed E-state index contributed by atoms with van der Waals surface area (Å²) in [7, 11) is 3.98. The summed E-state index contributed by atoms with van der Waals surface area (Å²) in [5.74, 6) is -0.688. The Morgan fingerprint density at radius 2 is 1.91 bits per heavy atom. The first-order valence-corrected chi connectivity index (χ1v) is 11.3. The minimum absolute atomic E-state index is 0.0384. The average Bonchev–Trinajstić information content (AvgIpc) is 3.24. The zero-order valence-corrected chi connectivity index (χ0v) is 19.8. The van der Waals surface area contributed by atoms with Crippen LogP contribution in [-0.2, 0) is 19.5 Å². The van der Waals surface area contributed by atoms with Crippen molar-refractivity contribution in [3.8, 4) is 17.2 Å². The van der Waals surface area contributed by atoms with Gasteiger partial charge in [0.1, 0.15) is 5.56 Å². The van der Waals surface area contributed by atoms with E-state index in [2.05, 4.69) is 27.3 Å². The summed E-state index contributed by atoms with van der Waals surface area (Å²) in [4.78, 5) is 32.2. The van der Waals surface area contributed by atoms with Gasteiger partial charge < -0.3 is 14.2 Å². The van der Waals surface area contributed by atoms with Crippen molar-refractivity contribution in [1.82, 2.24) is 9.88 Å². The van der Waals surface area contributed by atoms with Gasteiger partial charge in [-0.25, -0.2) is 4.98 Å². The molecular weight excluding hydrogens is 460 g/mol. The first kappa shape index (κ1) is 23.5. The summed E-state index contributed by atoms with van der Waals surface area (Å²) < 4.78 is 15.7. The number of benzene rings is 2. The molecule has 1 aliphatic heterocycles. The number of hydrogen-bond acceptors (Lipinski definition) is 9. The van der Waals surface area contributed by atoms with E-state index in [0.717, 1.165) is 36.6 Å². The van der Waals surface area contributed by atoms with Gasteiger partial charge in [-0.2, -0.15) is 0 Å². The molecule has 0 radical (unpaired) electrons. The van der Waals surface area contributed by atoms with Gasteiger partial charge in [0.15, 0.2) is 10.9 Å². The van der Waals surface area contributed by atoms with E-state index < -0.39 is 16.5 Å². The molecule has 0 atom stereocenters. The summed E-state index contributed by atoms with van der Waals surface area (Å²) in [6.45, 7) is 2.41. The van der Waals surface area contributed by atoms with Gasteiger partial charge in [-0.05, 0) is 5.56 Å². The Hall–Kier alpha value is -3.70. The van der Waals surface area contributed by atoms with Gasteiger partial charge in [0.05, 0.1) is 31.9 Å². The van der Waals surface area contributed by atoms with E-state index in [1.165, 1.54) is 44.3 Å². The highest BCUT2D eigenvalue weighted by Crippen LogP contribution is 2.46. The fourth-order valence-electron chi connectivity index (χ4n) is 3.94. The minimum Gasteiger partial charge on any atom is -0.493 e. The highest BCUT2D eigenvalue weighted by molar-refractivity contribution is 7.15. The molecule has 1 aliphatic rings. The molecule has 0 bridgehead atoms. The van der Waals surface area contributed by atoms with E-state index in [1.807, 2.05) is 18.2 Å². The molecule has 2 aromatic carbocycles. The highest BCUT2D eigenvalue weighted by Gasteiger charge is 2.33. The lowest BCUT2D eigenvalue weighted by Gasteiger charge is -2.25. The molecule has 0 saturated carbocycles. The lowest BCUT2D eigenvalue weighted by Crippen LogP contribution is -2.29. The van der Waals surface area contributed by atoms with E-state index in [-0.39, 0.29) is 22.8 Å². The quantitative estimate of drug-likeness (QED) is 0.378.